The first-order valence-corrected chi connectivity index (χ1v) is 20.1. The summed E-state index contributed by atoms with van der Waals surface area (Å²) in [6.45, 7) is 0. The molecular weight excluding hydrogens is 703 g/mol. The lowest BCUT2D eigenvalue weighted by Gasteiger charge is -2.40. The van der Waals surface area contributed by atoms with E-state index in [4.69, 9.17) is 0 Å². The zero-order chi connectivity index (χ0) is 38.0. The van der Waals surface area contributed by atoms with Gasteiger partial charge < -0.3 is 14.0 Å². The van der Waals surface area contributed by atoms with Crippen molar-refractivity contribution < 1.29 is 0 Å². The first kappa shape index (κ1) is 31.6. The van der Waals surface area contributed by atoms with Gasteiger partial charge in [0, 0.05) is 44.3 Å². The first-order chi connectivity index (χ1) is 28.8. The number of hydrogen-bond donors (Lipinski definition) is 0. The molecule has 3 heterocycles. The molecule has 13 rings (SSSR count). The van der Waals surface area contributed by atoms with Crippen molar-refractivity contribution in [2.24, 2.45) is 0 Å². The lowest BCUT2D eigenvalue weighted by Crippen LogP contribution is -2.33. The van der Waals surface area contributed by atoms with E-state index in [2.05, 4.69) is 226 Å². The fourth-order valence-corrected chi connectivity index (χ4v) is 10.7. The summed E-state index contributed by atoms with van der Waals surface area (Å²) in [5.41, 5.74) is 17.9. The lowest BCUT2D eigenvalue weighted by atomic mass is 9.65. The summed E-state index contributed by atoms with van der Waals surface area (Å²) in [6, 6.07) is 78.5. The van der Waals surface area contributed by atoms with Gasteiger partial charge in [-0.15, -0.1) is 0 Å². The van der Waals surface area contributed by atoms with Crippen LogP contribution in [-0.4, -0.2) is 9.13 Å². The highest BCUT2D eigenvalue weighted by Gasteiger charge is 2.51. The van der Waals surface area contributed by atoms with Gasteiger partial charge in [-0.25, -0.2) is 0 Å². The van der Waals surface area contributed by atoms with Gasteiger partial charge in [-0.3, -0.25) is 0 Å². The minimum atomic E-state index is -0.607. The van der Waals surface area contributed by atoms with E-state index in [0.29, 0.717) is 0 Å². The number of fused-ring (bicyclic) bond motifs is 16. The SMILES string of the molecule is c1ccc(N(c2ccccc2)c2ccc3c(c2)C2(c4ccccc4-3)c3ccccc3-n3c4ccccc4c4c3c2cc2c3ccccc3n(-c3ccccc3)c24)cc1. The van der Waals surface area contributed by atoms with Gasteiger partial charge in [0.15, 0.2) is 0 Å². The molecule has 3 heteroatoms. The van der Waals surface area contributed by atoms with Crippen LogP contribution >= 0.6 is 0 Å². The largest absolute Gasteiger partial charge is 0.310 e. The van der Waals surface area contributed by atoms with Crippen LogP contribution in [0, 0.1) is 0 Å². The molecule has 1 aliphatic carbocycles. The highest BCUT2D eigenvalue weighted by Crippen LogP contribution is 2.63. The summed E-state index contributed by atoms with van der Waals surface area (Å²) in [5.74, 6) is 0. The second-order valence-electron chi connectivity index (χ2n) is 15.6. The van der Waals surface area contributed by atoms with Gasteiger partial charge in [0.25, 0.3) is 0 Å². The van der Waals surface area contributed by atoms with Crippen LogP contribution in [0.25, 0.3) is 66.1 Å². The third-order valence-corrected chi connectivity index (χ3v) is 12.9. The van der Waals surface area contributed by atoms with E-state index in [1.165, 1.54) is 82.7 Å². The Kier molecular flexibility index (Phi) is 6.37. The Morgan fingerprint density at radius 2 is 0.914 bits per heavy atom. The van der Waals surface area contributed by atoms with Crippen LogP contribution in [0.4, 0.5) is 17.1 Å². The Labute approximate surface area is 335 Å². The Balaban J connectivity index is 1.24. The van der Waals surface area contributed by atoms with Crippen LogP contribution in [0.15, 0.2) is 212 Å². The zero-order valence-electron chi connectivity index (χ0n) is 31.5. The molecule has 270 valence electrons. The summed E-state index contributed by atoms with van der Waals surface area (Å²) in [4.78, 5) is 2.40. The molecule has 1 atom stereocenters. The molecule has 1 spiro atoms. The number of hydrogen-bond acceptors (Lipinski definition) is 1. The number of para-hydroxylation sites is 6. The topological polar surface area (TPSA) is 13.1 Å². The average Bonchev–Trinajstić information content (AvgIpc) is 3.92. The average molecular weight is 738 g/mol. The van der Waals surface area contributed by atoms with Crippen LogP contribution < -0.4 is 4.90 Å². The summed E-state index contributed by atoms with van der Waals surface area (Å²) in [5, 5.41) is 5.07. The summed E-state index contributed by atoms with van der Waals surface area (Å²) < 4.78 is 5.07. The van der Waals surface area contributed by atoms with Crippen molar-refractivity contribution in [2.45, 2.75) is 5.41 Å². The Morgan fingerprint density at radius 1 is 0.345 bits per heavy atom. The molecule has 58 heavy (non-hydrogen) atoms. The molecule has 0 saturated heterocycles. The third kappa shape index (κ3) is 3.97. The standard InChI is InChI=1S/C55H35N3/c1-4-18-36(19-5-1)56(37-20-6-2-7-21-37)39-32-33-41-40-24-10-13-27-45(40)55(47(41)34-39)46-28-14-17-31-51(46)58-50-30-16-12-26-43(50)52-53-44(35-48(55)54(52)58)42-25-11-15-29-49(42)57(53)38-22-8-3-9-23-38/h1-35H. The van der Waals surface area contributed by atoms with Gasteiger partial charge in [0.1, 0.15) is 0 Å². The zero-order valence-corrected chi connectivity index (χ0v) is 31.5. The van der Waals surface area contributed by atoms with Crippen molar-refractivity contribution in [1.82, 2.24) is 9.13 Å². The molecular formula is C55H35N3. The van der Waals surface area contributed by atoms with Crippen LogP contribution in [0.1, 0.15) is 22.3 Å². The van der Waals surface area contributed by atoms with Crippen molar-refractivity contribution in [1.29, 1.82) is 0 Å². The fourth-order valence-electron chi connectivity index (χ4n) is 10.7. The van der Waals surface area contributed by atoms with Gasteiger partial charge >= 0.3 is 0 Å². The maximum atomic E-state index is 2.57. The molecule has 0 fully saturated rings. The van der Waals surface area contributed by atoms with E-state index in [-0.39, 0.29) is 0 Å². The fraction of sp³-hybridized carbons (Fsp3) is 0.0182. The summed E-state index contributed by atoms with van der Waals surface area (Å²) in [6.07, 6.45) is 0. The Hall–Kier alpha value is -7.62. The second-order valence-corrected chi connectivity index (χ2v) is 15.6. The van der Waals surface area contributed by atoms with Crippen LogP contribution in [0.2, 0.25) is 0 Å². The van der Waals surface area contributed by atoms with Crippen molar-refractivity contribution in [2.75, 3.05) is 4.90 Å². The van der Waals surface area contributed by atoms with Crippen molar-refractivity contribution in [3.8, 4) is 22.5 Å². The first-order valence-electron chi connectivity index (χ1n) is 20.1. The molecule has 0 bridgehead atoms. The van der Waals surface area contributed by atoms with Crippen molar-refractivity contribution in [3.05, 3.63) is 235 Å². The van der Waals surface area contributed by atoms with E-state index < -0.39 is 5.41 Å². The predicted molar refractivity (Wildman–Crippen MR) is 241 cm³/mol. The highest BCUT2D eigenvalue weighted by atomic mass is 15.1. The van der Waals surface area contributed by atoms with E-state index in [1.807, 2.05) is 0 Å². The molecule has 0 N–H and O–H groups in total. The van der Waals surface area contributed by atoms with Crippen LogP contribution in [-0.2, 0) is 5.41 Å². The number of anilines is 3. The van der Waals surface area contributed by atoms with E-state index in [1.54, 1.807) is 0 Å². The Morgan fingerprint density at radius 3 is 1.66 bits per heavy atom. The quantitative estimate of drug-likeness (QED) is 0.175. The number of benzene rings is 9. The van der Waals surface area contributed by atoms with Gasteiger partial charge in [0.05, 0.1) is 33.2 Å². The number of aromatic nitrogens is 2. The molecule has 0 saturated carbocycles. The lowest BCUT2D eigenvalue weighted by molar-refractivity contribution is 0.749. The Bertz CT molecular complexity index is 3410. The monoisotopic (exact) mass is 737 g/mol. The normalized spacial score (nSPS) is 15.0. The minimum absolute atomic E-state index is 0.607. The number of rotatable bonds is 4. The van der Waals surface area contributed by atoms with E-state index in [0.717, 1.165) is 22.7 Å². The van der Waals surface area contributed by atoms with Gasteiger partial charge in [-0.2, -0.15) is 0 Å². The molecule has 11 aromatic rings. The smallest absolute Gasteiger partial charge is 0.0755 e. The summed E-state index contributed by atoms with van der Waals surface area (Å²) >= 11 is 0. The van der Waals surface area contributed by atoms with Gasteiger partial charge in [-0.05, 0) is 106 Å². The van der Waals surface area contributed by atoms with E-state index >= 15 is 0 Å². The third-order valence-electron chi connectivity index (χ3n) is 12.9. The van der Waals surface area contributed by atoms with Crippen LogP contribution in [0.5, 0.6) is 0 Å². The highest BCUT2D eigenvalue weighted by molar-refractivity contribution is 6.28. The number of nitrogens with zero attached hydrogens (tertiary/aromatic N) is 3. The van der Waals surface area contributed by atoms with Gasteiger partial charge in [-0.1, -0.05) is 140 Å². The molecule has 2 aliphatic rings. The predicted octanol–water partition coefficient (Wildman–Crippen LogP) is 14.0. The van der Waals surface area contributed by atoms with Gasteiger partial charge in [0.2, 0.25) is 0 Å². The maximum Gasteiger partial charge on any atom is 0.0755 e. The van der Waals surface area contributed by atoms with Crippen molar-refractivity contribution >= 4 is 60.7 Å². The molecule has 9 aromatic carbocycles. The van der Waals surface area contributed by atoms with Crippen LogP contribution in [0.3, 0.4) is 0 Å². The molecule has 1 aliphatic heterocycles. The molecule has 3 nitrogen and oxygen atoms in total. The molecule has 1 unspecified atom stereocenters. The second kappa shape index (κ2) is 11.7. The molecule has 2 aromatic heterocycles. The minimum Gasteiger partial charge on any atom is -0.310 e. The molecule has 0 radical (unpaired) electrons. The maximum absolute atomic E-state index is 2.57. The van der Waals surface area contributed by atoms with E-state index in [9.17, 15) is 0 Å². The van der Waals surface area contributed by atoms with Crippen molar-refractivity contribution in [3.63, 3.8) is 0 Å². The summed E-state index contributed by atoms with van der Waals surface area (Å²) in [7, 11) is 0. The molecule has 0 amide bonds.